The van der Waals surface area contributed by atoms with Crippen LogP contribution in [0.4, 0.5) is 0 Å². The van der Waals surface area contributed by atoms with Crippen molar-refractivity contribution < 1.29 is 4.74 Å². The monoisotopic (exact) mass is 200 g/mol. The van der Waals surface area contributed by atoms with Crippen LogP contribution in [-0.4, -0.2) is 0 Å². The first-order valence-corrected chi connectivity index (χ1v) is 5.58. The maximum absolute atomic E-state index is 5.36. The van der Waals surface area contributed by atoms with Crippen molar-refractivity contribution in [1.82, 2.24) is 0 Å². The highest BCUT2D eigenvalue weighted by atomic mass is 16.5. The first-order chi connectivity index (χ1) is 7.34. The molecular weight excluding hydrogens is 184 g/mol. The van der Waals surface area contributed by atoms with E-state index in [4.69, 9.17) is 4.74 Å². The third-order valence-corrected chi connectivity index (χ3v) is 2.81. The van der Waals surface area contributed by atoms with Crippen LogP contribution in [0.3, 0.4) is 0 Å². The topological polar surface area (TPSA) is 9.23 Å². The van der Waals surface area contributed by atoms with E-state index in [0.717, 1.165) is 5.75 Å². The minimum absolute atomic E-state index is 0.565. The molecule has 0 saturated heterocycles. The normalized spacial score (nSPS) is 15.8. The smallest absolute Gasteiger partial charge is 0.140 e. The molecule has 0 atom stereocenters. The summed E-state index contributed by atoms with van der Waals surface area (Å²) in [6.07, 6.45) is 7.94. The van der Waals surface area contributed by atoms with Crippen molar-refractivity contribution in [3.8, 4) is 17.8 Å². The number of aryl methyl sites for hydroxylation is 1. The van der Waals surface area contributed by atoms with Crippen molar-refractivity contribution in [3.63, 3.8) is 0 Å². The van der Waals surface area contributed by atoms with Gasteiger partial charge in [0.25, 0.3) is 0 Å². The van der Waals surface area contributed by atoms with E-state index in [0.29, 0.717) is 5.92 Å². The molecule has 1 aliphatic carbocycles. The summed E-state index contributed by atoms with van der Waals surface area (Å²) in [4.78, 5) is 0. The number of rotatable bonds is 1. The van der Waals surface area contributed by atoms with Crippen LogP contribution < -0.4 is 4.74 Å². The van der Waals surface area contributed by atoms with Gasteiger partial charge in [0.2, 0.25) is 0 Å². The number of ether oxygens (including phenoxy) is 1. The van der Waals surface area contributed by atoms with E-state index in [9.17, 15) is 0 Å². The lowest BCUT2D eigenvalue weighted by Crippen LogP contribution is -1.89. The Bertz CT molecular complexity index is 361. The fraction of sp³-hybridized carbons (Fsp3) is 0.429. The molecule has 1 saturated carbocycles. The van der Waals surface area contributed by atoms with Gasteiger partial charge < -0.3 is 4.74 Å². The minimum Gasteiger partial charge on any atom is -0.408 e. The Kier molecular flexibility index (Phi) is 3.29. The van der Waals surface area contributed by atoms with Gasteiger partial charge in [-0.1, -0.05) is 36.5 Å². The van der Waals surface area contributed by atoms with Gasteiger partial charge in [0.15, 0.2) is 0 Å². The maximum atomic E-state index is 5.36. The van der Waals surface area contributed by atoms with Crippen LogP contribution in [0.25, 0.3) is 0 Å². The van der Waals surface area contributed by atoms with Crippen LogP contribution in [0.15, 0.2) is 24.3 Å². The highest BCUT2D eigenvalue weighted by Gasteiger charge is 2.11. The molecular formula is C14H16O. The van der Waals surface area contributed by atoms with Crippen molar-refractivity contribution in [2.24, 2.45) is 5.92 Å². The first-order valence-electron chi connectivity index (χ1n) is 5.58. The second-order valence-corrected chi connectivity index (χ2v) is 4.14. The van der Waals surface area contributed by atoms with Crippen molar-refractivity contribution in [1.29, 1.82) is 0 Å². The van der Waals surface area contributed by atoms with Crippen molar-refractivity contribution >= 4 is 0 Å². The first kappa shape index (κ1) is 10.1. The second kappa shape index (κ2) is 4.89. The molecule has 0 amide bonds. The fourth-order valence-electron chi connectivity index (χ4n) is 1.85. The van der Waals surface area contributed by atoms with Crippen LogP contribution in [-0.2, 0) is 0 Å². The predicted molar refractivity (Wildman–Crippen MR) is 61.5 cm³/mol. The van der Waals surface area contributed by atoms with Crippen molar-refractivity contribution in [2.45, 2.75) is 32.6 Å². The van der Waals surface area contributed by atoms with Crippen molar-refractivity contribution in [3.05, 3.63) is 29.8 Å². The molecule has 0 radical (unpaired) electrons. The second-order valence-electron chi connectivity index (χ2n) is 4.14. The molecule has 1 heteroatoms. The average Bonchev–Trinajstić information content (AvgIpc) is 2.74. The molecule has 15 heavy (non-hydrogen) atoms. The highest BCUT2D eigenvalue weighted by molar-refractivity contribution is 5.27. The SMILES string of the molecule is Cc1ccc(OC#CC2CCCC2)cc1. The molecule has 0 spiro atoms. The molecule has 0 N–H and O–H groups in total. The zero-order valence-electron chi connectivity index (χ0n) is 9.12. The van der Waals surface area contributed by atoms with Gasteiger partial charge in [-0.2, -0.15) is 0 Å². The van der Waals surface area contributed by atoms with Gasteiger partial charge in [0.05, 0.1) is 0 Å². The minimum atomic E-state index is 0.565. The summed E-state index contributed by atoms with van der Waals surface area (Å²) < 4.78 is 5.36. The zero-order chi connectivity index (χ0) is 10.5. The molecule has 1 aromatic carbocycles. The molecule has 0 unspecified atom stereocenters. The van der Waals surface area contributed by atoms with E-state index in [-0.39, 0.29) is 0 Å². The van der Waals surface area contributed by atoms with E-state index in [2.05, 4.69) is 19.0 Å². The predicted octanol–water partition coefficient (Wildman–Crippen LogP) is 3.52. The summed E-state index contributed by atoms with van der Waals surface area (Å²) in [6.45, 7) is 2.06. The molecule has 0 heterocycles. The van der Waals surface area contributed by atoms with E-state index >= 15 is 0 Å². The zero-order valence-corrected chi connectivity index (χ0v) is 9.12. The molecule has 1 nitrogen and oxygen atoms in total. The Morgan fingerprint density at radius 2 is 1.80 bits per heavy atom. The van der Waals surface area contributed by atoms with Gasteiger partial charge in [0.1, 0.15) is 11.9 Å². The Morgan fingerprint density at radius 1 is 1.13 bits per heavy atom. The Labute approximate surface area is 91.5 Å². The standard InChI is InChI=1S/C14H16O/c1-12-6-8-14(9-7-12)15-11-10-13-4-2-3-5-13/h6-9,13H,2-5H2,1H3. The largest absolute Gasteiger partial charge is 0.408 e. The van der Waals surface area contributed by atoms with Crippen LogP contribution >= 0.6 is 0 Å². The molecule has 1 aromatic rings. The Hall–Kier alpha value is -1.42. The molecule has 0 aromatic heterocycles. The van der Waals surface area contributed by atoms with Gasteiger partial charge in [-0.3, -0.25) is 0 Å². The number of benzene rings is 1. The van der Waals surface area contributed by atoms with Gasteiger partial charge in [-0.25, -0.2) is 0 Å². The lowest BCUT2D eigenvalue weighted by Gasteiger charge is -1.98. The van der Waals surface area contributed by atoms with E-state index in [1.807, 2.05) is 24.3 Å². The summed E-state index contributed by atoms with van der Waals surface area (Å²) in [5, 5.41) is 0. The maximum Gasteiger partial charge on any atom is 0.140 e. The van der Waals surface area contributed by atoms with Crippen LogP contribution in [0, 0.1) is 24.9 Å². The Balaban J connectivity index is 1.89. The fourth-order valence-corrected chi connectivity index (χ4v) is 1.85. The van der Waals surface area contributed by atoms with Crippen molar-refractivity contribution in [2.75, 3.05) is 0 Å². The van der Waals surface area contributed by atoms with Gasteiger partial charge in [-0.15, -0.1) is 0 Å². The molecule has 0 aliphatic heterocycles. The van der Waals surface area contributed by atoms with Crippen LogP contribution in [0.5, 0.6) is 5.75 Å². The average molecular weight is 200 g/mol. The molecule has 2 rings (SSSR count). The molecule has 1 fully saturated rings. The lowest BCUT2D eigenvalue weighted by molar-refractivity contribution is 0.515. The van der Waals surface area contributed by atoms with E-state index in [1.54, 1.807) is 0 Å². The van der Waals surface area contributed by atoms with Gasteiger partial charge >= 0.3 is 0 Å². The third-order valence-electron chi connectivity index (χ3n) is 2.81. The van der Waals surface area contributed by atoms with Gasteiger partial charge in [0, 0.05) is 5.92 Å². The molecule has 78 valence electrons. The summed E-state index contributed by atoms with van der Waals surface area (Å²) in [5.74, 6) is 4.58. The molecule has 1 aliphatic rings. The summed E-state index contributed by atoms with van der Waals surface area (Å²) in [6, 6.07) is 7.98. The highest BCUT2D eigenvalue weighted by Crippen LogP contribution is 2.23. The van der Waals surface area contributed by atoms with Crippen LogP contribution in [0.1, 0.15) is 31.2 Å². The third kappa shape index (κ3) is 3.02. The summed E-state index contributed by atoms with van der Waals surface area (Å²) >= 11 is 0. The summed E-state index contributed by atoms with van der Waals surface area (Å²) in [5.41, 5.74) is 1.24. The van der Waals surface area contributed by atoms with E-state index < -0.39 is 0 Å². The van der Waals surface area contributed by atoms with E-state index in [1.165, 1.54) is 31.2 Å². The quantitative estimate of drug-likeness (QED) is 0.630. The number of hydrogen-bond donors (Lipinski definition) is 0. The summed E-state index contributed by atoms with van der Waals surface area (Å²) in [7, 11) is 0. The Morgan fingerprint density at radius 3 is 2.47 bits per heavy atom. The molecule has 0 bridgehead atoms. The van der Waals surface area contributed by atoms with Crippen LogP contribution in [0.2, 0.25) is 0 Å². The van der Waals surface area contributed by atoms with Gasteiger partial charge in [-0.05, 0) is 31.9 Å². The lowest BCUT2D eigenvalue weighted by atomic mass is 10.1. The number of hydrogen-bond acceptors (Lipinski definition) is 1.